The summed E-state index contributed by atoms with van der Waals surface area (Å²) in [5, 5.41) is 8.97. The lowest BCUT2D eigenvalue weighted by Crippen LogP contribution is -2.40. The molecule has 0 radical (unpaired) electrons. The average molecular weight is 426 g/mol. The minimum atomic E-state index is 0.0861. The SMILES string of the molecule is O=C(NCCn1nc(C2CCCN(C(=O)CC3CCCO3)C2)c2cccnc21)C1CC1. The van der Waals surface area contributed by atoms with Gasteiger partial charge < -0.3 is 15.0 Å². The highest BCUT2D eigenvalue weighted by Crippen LogP contribution is 2.32. The van der Waals surface area contributed by atoms with E-state index in [9.17, 15) is 9.59 Å². The Hall–Kier alpha value is -2.48. The Balaban J connectivity index is 1.28. The van der Waals surface area contributed by atoms with Crippen LogP contribution in [-0.4, -0.2) is 63.8 Å². The second kappa shape index (κ2) is 8.94. The monoisotopic (exact) mass is 425 g/mol. The molecule has 2 unspecified atom stereocenters. The molecule has 1 N–H and O–H groups in total. The number of amides is 2. The van der Waals surface area contributed by atoms with Crippen LogP contribution in [-0.2, 0) is 20.9 Å². The standard InChI is InChI=1S/C23H31N5O3/c29-20(14-18-5-3-13-31-18)27-11-2-4-17(15-27)21-19-6-1-9-24-22(19)28(26-21)12-10-25-23(30)16-7-8-16/h1,6,9,16-18H,2-5,7-8,10-15H2,(H,25,30). The number of piperidine rings is 1. The van der Waals surface area contributed by atoms with Crippen molar-refractivity contribution in [1.29, 1.82) is 0 Å². The molecule has 4 heterocycles. The Bertz CT molecular complexity index is 948. The van der Waals surface area contributed by atoms with Crippen LogP contribution in [0.1, 0.15) is 56.6 Å². The number of ether oxygens (including phenoxy) is 1. The number of nitrogens with zero attached hydrogens (tertiary/aromatic N) is 4. The first kappa shape index (κ1) is 20.4. The molecule has 2 saturated heterocycles. The van der Waals surface area contributed by atoms with Crippen molar-refractivity contribution in [3.63, 3.8) is 0 Å². The maximum atomic E-state index is 12.8. The zero-order chi connectivity index (χ0) is 21.2. The molecular formula is C23H31N5O3. The molecule has 3 fully saturated rings. The first-order valence-electron chi connectivity index (χ1n) is 11.7. The lowest BCUT2D eigenvalue weighted by Gasteiger charge is -2.32. The number of fused-ring (bicyclic) bond motifs is 1. The van der Waals surface area contributed by atoms with Gasteiger partial charge in [0.05, 0.1) is 24.8 Å². The fourth-order valence-corrected chi connectivity index (χ4v) is 4.82. The maximum Gasteiger partial charge on any atom is 0.225 e. The fourth-order valence-electron chi connectivity index (χ4n) is 4.82. The number of hydrogen-bond acceptors (Lipinski definition) is 5. The normalized spacial score (nSPS) is 23.9. The van der Waals surface area contributed by atoms with Gasteiger partial charge in [0.25, 0.3) is 0 Å². The van der Waals surface area contributed by atoms with Crippen LogP contribution in [0, 0.1) is 5.92 Å². The Morgan fingerprint density at radius 3 is 2.90 bits per heavy atom. The molecule has 31 heavy (non-hydrogen) atoms. The summed E-state index contributed by atoms with van der Waals surface area (Å²) >= 11 is 0. The van der Waals surface area contributed by atoms with Gasteiger partial charge in [-0.1, -0.05) is 0 Å². The van der Waals surface area contributed by atoms with Crippen LogP contribution in [0.4, 0.5) is 0 Å². The summed E-state index contributed by atoms with van der Waals surface area (Å²) in [7, 11) is 0. The van der Waals surface area contributed by atoms with Crippen molar-refractivity contribution in [2.75, 3.05) is 26.2 Å². The van der Waals surface area contributed by atoms with Crippen molar-refractivity contribution in [2.24, 2.45) is 5.92 Å². The van der Waals surface area contributed by atoms with Gasteiger partial charge in [0, 0.05) is 49.7 Å². The van der Waals surface area contributed by atoms with Crippen LogP contribution in [0.5, 0.6) is 0 Å². The van der Waals surface area contributed by atoms with Crippen molar-refractivity contribution in [2.45, 2.75) is 63.5 Å². The summed E-state index contributed by atoms with van der Waals surface area (Å²) in [5.74, 6) is 0.762. The zero-order valence-electron chi connectivity index (χ0n) is 18.0. The third-order valence-electron chi connectivity index (χ3n) is 6.69. The van der Waals surface area contributed by atoms with Crippen LogP contribution in [0.25, 0.3) is 11.0 Å². The van der Waals surface area contributed by atoms with Crippen molar-refractivity contribution >= 4 is 22.8 Å². The average Bonchev–Trinajstić information content (AvgIpc) is 3.41. The van der Waals surface area contributed by atoms with E-state index in [0.29, 0.717) is 26.1 Å². The maximum absolute atomic E-state index is 12.8. The second-order valence-electron chi connectivity index (χ2n) is 9.07. The molecule has 3 aliphatic rings. The zero-order valence-corrected chi connectivity index (χ0v) is 18.0. The lowest BCUT2D eigenvalue weighted by molar-refractivity contribution is -0.134. The van der Waals surface area contributed by atoms with E-state index in [1.54, 1.807) is 6.20 Å². The first-order valence-corrected chi connectivity index (χ1v) is 11.7. The van der Waals surface area contributed by atoms with Crippen molar-refractivity contribution in [1.82, 2.24) is 25.0 Å². The Kier molecular flexibility index (Phi) is 5.89. The predicted molar refractivity (Wildman–Crippen MR) is 115 cm³/mol. The third kappa shape index (κ3) is 4.59. The molecule has 2 aromatic rings. The molecule has 2 atom stereocenters. The Morgan fingerprint density at radius 1 is 1.19 bits per heavy atom. The van der Waals surface area contributed by atoms with E-state index >= 15 is 0 Å². The number of nitrogens with one attached hydrogen (secondary N) is 1. The summed E-state index contributed by atoms with van der Waals surface area (Å²) in [6.45, 7) is 3.44. The van der Waals surface area contributed by atoms with Gasteiger partial charge in [-0.25, -0.2) is 9.67 Å². The number of likely N-dealkylation sites (tertiary alicyclic amines) is 1. The van der Waals surface area contributed by atoms with Crippen LogP contribution in [0.2, 0.25) is 0 Å². The van der Waals surface area contributed by atoms with Crippen molar-refractivity contribution in [3.05, 3.63) is 24.0 Å². The Labute approximate surface area is 182 Å². The highest BCUT2D eigenvalue weighted by molar-refractivity contribution is 5.81. The third-order valence-corrected chi connectivity index (χ3v) is 6.69. The van der Waals surface area contributed by atoms with E-state index in [1.807, 2.05) is 15.6 Å². The molecule has 8 heteroatoms. The van der Waals surface area contributed by atoms with E-state index in [2.05, 4.69) is 16.4 Å². The van der Waals surface area contributed by atoms with E-state index in [0.717, 1.165) is 68.4 Å². The minimum Gasteiger partial charge on any atom is -0.378 e. The summed E-state index contributed by atoms with van der Waals surface area (Å²) in [4.78, 5) is 31.3. The molecule has 1 saturated carbocycles. The number of pyridine rings is 1. The molecule has 8 nitrogen and oxygen atoms in total. The largest absolute Gasteiger partial charge is 0.378 e. The number of carbonyl (C=O) groups is 2. The van der Waals surface area contributed by atoms with E-state index in [4.69, 9.17) is 9.84 Å². The van der Waals surface area contributed by atoms with E-state index in [1.165, 1.54) is 0 Å². The predicted octanol–water partition coefficient (Wildman–Crippen LogP) is 2.23. The van der Waals surface area contributed by atoms with Crippen molar-refractivity contribution < 1.29 is 14.3 Å². The molecule has 0 spiro atoms. The summed E-state index contributed by atoms with van der Waals surface area (Å²) in [5.41, 5.74) is 1.87. The van der Waals surface area contributed by atoms with Gasteiger partial charge in [-0.2, -0.15) is 5.10 Å². The highest BCUT2D eigenvalue weighted by atomic mass is 16.5. The topological polar surface area (TPSA) is 89.4 Å². The van der Waals surface area contributed by atoms with E-state index < -0.39 is 0 Å². The molecule has 0 bridgehead atoms. The van der Waals surface area contributed by atoms with Crippen molar-refractivity contribution in [3.8, 4) is 0 Å². The summed E-state index contributed by atoms with van der Waals surface area (Å²) in [6.07, 6.45) is 8.41. The molecule has 1 aliphatic carbocycles. The Morgan fingerprint density at radius 2 is 2.10 bits per heavy atom. The van der Waals surface area contributed by atoms with Crippen LogP contribution in [0.3, 0.4) is 0 Å². The second-order valence-corrected chi connectivity index (χ2v) is 9.07. The summed E-state index contributed by atoms with van der Waals surface area (Å²) < 4.78 is 7.57. The quantitative estimate of drug-likeness (QED) is 0.735. The van der Waals surface area contributed by atoms with E-state index in [-0.39, 0.29) is 29.8 Å². The van der Waals surface area contributed by atoms with Gasteiger partial charge in [-0.3, -0.25) is 9.59 Å². The molecule has 2 amide bonds. The number of aromatic nitrogens is 3. The smallest absolute Gasteiger partial charge is 0.225 e. The van der Waals surface area contributed by atoms with Crippen LogP contribution < -0.4 is 5.32 Å². The van der Waals surface area contributed by atoms with Gasteiger partial charge >= 0.3 is 0 Å². The molecular weight excluding hydrogens is 394 g/mol. The van der Waals surface area contributed by atoms with Crippen LogP contribution >= 0.6 is 0 Å². The number of carbonyl (C=O) groups excluding carboxylic acids is 2. The molecule has 5 rings (SSSR count). The molecule has 2 aliphatic heterocycles. The van der Waals surface area contributed by atoms with Gasteiger partial charge in [0.15, 0.2) is 5.65 Å². The van der Waals surface area contributed by atoms with Gasteiger partial charge in [0.2, 0.25) is 11.8 Å². The summed E-state index contributed by atoms with van der Waals surface area (Å²) in [6, 6.07) is 4.01. The number of rotatable bonds is 7. The lowest BCUT2D eigenvalue weighted by atomic mass is 9.93. The molecule has 166 valence electrons. The van der Waals surface area contributed by atoms with Gasteiger partial charge in [0.1, 0.15) is 0 Å². The number of hydrogen-bond donors (Lipinski definition) is 1. The first-order chi connectivity index (χ1) is 15.2. The minimum absolute atomic E-state index is 0.0861. The van der Waals surface area contributed by atoms with Gasteiger partial charge in [-0.05, 0) is 50.7 Å². The van der Waals surface area contributed by atoms with Crippen LogP contribution in [0.15, 0.2) is 18.3 Å². The molecule has 2 aromatic heterocycles. The fraction of sp³-hybridized carbons (Fsp3) is 0.652. The molecule has 0 aromatic carbocycles. The van der Waals surface area contributed by atoms with Gasteiger partial charge in [-0.15, -0.1) is 0 Å². The highest BCUT2D eigenvalue weighted by Gasteiger charge is 2.31.